The molecule has 1 fully saturated rings. The summed E-state index contributed by atoms with van der Waals surface area (Å²) in [7, 11) is 3.61. The molecule has 24 heavy (non-hydrogen) atoms. The Bertz CT molecular complexity index is 699. The number of carbonyl (C=O) groups excluding carboxylic acids is 1. The number of aromatic nitrogens is 2. The number of thiazole rings is 1. The normalized spacial score (nSPS) is 17.7. The zero-order valence-corrected chi connectivity index (χ0v) is 15.0. The maximum Gasteiger partial charge on any atom is 0.292 e. The molecule has 7 nitrogen and oxygen atoms in total. The number of nitrogens with zero attached hydrogens (tertiary/aromatic N) is 4. The number of methoxy groups -OCH3 is 1. The van der Waals surface area contributed by atoms with Gasteiger partial charge in [-0.15, -0.1) is 11.3 Å². The average molecular weight is 350 g/mol. The molecule has 1 unspecified atom stereocenters. The maximum atomic E-state index is 12.4. The van der Waals surface area contributed by atoms with Gasteiger partial charge in [0.2, 0.25) is 5.76 Å². The molecule has 1 aliphatic rings. The van der Waals surface area contributed by atoms with Gasteiger partial charge in [-0.1, -0.05) is 0 Å². The fourth-order valence-corrected chi connectivity index (χ4v) is 3.86. The molecule has 1 amide bonds. The minimum atomic E-state index is -0.116. The van der Waals surface area contributed by atoms with E-state index in [1.54, 1.807) is 11.3 Å². The van der Waals surface area contributed by atoms with Gasteiger partial charge in [-0.3, -0.25) is 4.79 Å². The highest BCUT2D eigenvalue weighted by molar-refractivity contribution is 7.09. The molecule has 0 aliphatic carbocycles. The highest BCUT2D eigenvalue weighted by Crippen LogP contribution is 2.22. The monoisotopic (exact) mass is 350 g/mol. The van der Waals surface area contributed by atoms with Crippen LogP contribution in [0.4, 0.5) is 0 Å². The van der Waals surface area contributed by atoms with Gasteiger partial charge >= 0.3 is 0 Å². The van der Waals surface area contributed by atoms with E-state index in [1.165, 1.54) is 18.1 Å². The van der Waals surface area contributed by atoms with Crippen molar-refractivity contribution in [2.24, 2.45) is 5.92 Å². The third-order valence-electron chi connectivity index (χ3n) is 4.31. The molecule has 0 saturated carbocycles. The molecule has 3 heterocycles. The minimum absolute atomic E-state index is 0.116. The molecule has 0 radical (unpaired) electrons. The molecule has 3 rings (SSSR count). The second-order valence-electron chi connectivity index (χ2n) is 6.20. The molecule has 0 spiro atoms. The molecule has 130 valence electrons. The Morgan fingerprint density at radius 1 is 1.58 bits per heavy atom. The zero-order chi connectivity index (χ0) is 17.1. The summed E-state index contributed by atoms with van der Waals surface area (Å²) >= 11 is 1.69. The van der Waals surface area contributed by atoms with Gasteiger partial charge in [0.1, 0.15) is 0 Å². The van der Waals surface area contributed by atoms with Gasteiger partial charge < -0.3 is 19.1 Å². The number of likely N-dealkylation sites (tertiary alicyclic amines) is 1. The largest absolute Gasteiger partial charge is 0.479 e. The van der Waals surface area contributed by atoms with Crippen molar-refractivity contribution in [1.29, 1.82) is 0 Å². The summed E-state index contributed by atoms with van der Waals surface area (Å²) in [5.74, 6) is 0.918. The third-order valence-corrected chi connectivity index (χ3v) is 5.23. The lowest BCUT2D eigenvalue weighted by Crippen LogP contribution is -2.31. The van der Waals surface area contributed by atoms with Crippen LogP contribution >= 0.6 is 11.3 Å². The van der Waals surface area contributed by atoms with Crippen molar-refractivity contribution >= 4 is 17.2 Å². The lowest BCUT2D eigenvalue weighted by atomic mass is 10.1. The summed E-state index contributed by atoms with van der Waals surface area (Å²) in [6, 6.07) is 1.54. The second-order valence-corrected chi connectivity index (χ2v) is 7.14. The Hall–Kier alpha value is -1.93. The summed E-state index contributed by atoms with van der Waals surface area (Å²) in [4.78, 5) is 22.2. The SMILES string of the molecule is COc1cc(C(=O)N2CCC(CN(C)Cc3scnc3C)C2)on1. The lowest BCUT2D eigenvalue weighted by molar-refractivity contribution is 0.0742. The summed E-state index contributed by atoms with van der Waals surface area (Å²) in [6.07, 6.45) is 1.00. The molecule has 1 aliphatic heterocycles. The molecular formula is C16H22N4O3S. The van der Waals surface area contributed by atoms with E-state index in [1.807, 2.05) is 17.3 Å². The first-order chi connectivity index (χ1) is 11.6. The maximum absolute atomic E-state index is 12.4. The summed E-state index contributed by atoms with van der Waals surface area (Å²) in [5.41, 5.74) is 2.99. The van der Waals surface area contributed by atoms with Crippen LogP contribution in [0.1, 0.15) is 27.5 Å². The van der Waals surface area contributed by atoms with Gasteiger partial charge in [-0.25, -0.2) is 4.98 Å². The molecule has 1 saturated heterocycles. The van der Waals surface area contributed by atoms with Gasteiger partial charge in [0.25, 0.3) is 11.8 Å². The number of hydrogen-bond acceptors (Lipinski definition) is 7. The van der Waals surface area contributed by atoms with Crippen LogP contribution in [0.5, 0.6) is 5.88 Å². The van der Waals surface area contributed by atoms with E-state index < -0.39 is 0 Å². The first-order valence-electron chi connectivity index (χ1n) is 7.94. The van der Waals surface area contributed by atoms with Crippen molar-refractivity contribution in [2.45, 2.75) is 19.9 Å². The van der Waals surface area contributed by atoms with Crippen molar-refractivity contribution in [2.75, 3.05) is 33.8 Å². The molecule has 0 bridgehead atoms. The third kappa shape index (κ3) is 3.76. The number of hydrogen-bond donors (Lipinski definition) is 0. The van der Waals surface area contributed by atoms with Crippen LogP contribution in [-0.4, -0.2) is 59.6 Å². The molecule has 2 aromatic rings. The fourth-order valence-electron chi connectivity index (χ4n) is 3.01. The number of amides is 1. The smallest absolute Gasteiger partial charge is 0.292 e. The van der Waals surface area contributed by atoms with Crippen LogP contribution < -0.4 is 4.74 Å². The molecule has 8 heteroatoms. The van der Waals surface area contributed by atoms with Crippen molar-refractivity contribution in [3.8, 4) is 5.88 Å². The van der Waals surface area contributed by atoms with Crippen molar-refractivity contribution in [3.63, 3.8) is 0 Å². The fraction of sp³-hybridized carbons (Fsp3) is 0.562. The van der Waals surface area contributed by atoms with Crippen LogP contribution in [0, 0.1) is 12.8 Å². The van der Waals surface area contributed by atoms with Crippen LogP contribution in [0.15, 0.2) is 16.1 Å². The second kappa shape index (κ2) is 7.31. The molecular weight excluding hydrogens is 328 g/mol. The van der Waals surface area contributed by atoms with E-state index in [-0.39, 0.29) is 11.7 Å². The number of rotatable bonds is 6. The van der Waals surface area contributed by atoms with Crippen LogP contribution in [0.25, 0.3) is 0 Å². The van der Waals surface area contributed by atoms with Crippen LogP contribution in [0.2, 0.25) is 0 Å². The first-order valence-corrected chi connectivity index (χ1v) is 8.82. The quantitative estimate of drug-likeness (QED) is 0.794. The van der Waals surface area contributed by atoms with E-state index in [0.29, 0.717) is 11.8 Å². The zero-order valence-electron chi connectivity index (χ0n) is 14.2. The van der Waals surface area contributed by atoms with Gasteiger partial charge in [-0.2, -0.15) is 0 Å². The summed E-state index contributed by atoms with van der Waals surface area (Å²) in [5, 5.41) is 3.69. The van der Waals surface area contributed by atoms with E-state index in [0.717, 1.165) is 38.3 Å². The Morgan fingerprint density at radius 3 is 3.08 bits per heavy atom. The Labute approximate surface area is 145 Å². The van der Waals surface area contributed by atoms with Crippen molar-refractivity contribution < 1.29 is 14.1 Å². The van der Waals surface area contributed by atoms with E-state index in [2.05, 4.69) is 22.1 Å². The van der Waals surface area contributed by atoms with Gasteiger partial charge in [0.15, 0.2) is 0 Å². The Balaban J connectivity index is 1.51. The predicted octanol–water partition coefficient (Wildman–Crippen LogP) is 2.04. The molecule has 1 atom stereocenters. The number of ether oxygens (including phenoxy) is 1. The summed E-state index contributed by atoms with van der Waals surface area (Å²) < 4.78 is 10.0. The lowest BCUT2D eigenvalue weighted by Gasteiger charge is -2.21. The van der Waals surface area contributed by atoms with Gasteiger partial charge in [0.05, 0.1) is 24.4 Å². The standard InChI is InChI=1S/C16H22N4O3S/c1-11-14(24-10-17-11)9-19(2)7-12-4-5-20(8-12)16(21)13-6-15(22-3)18-23-13/h6,10,12H,4-5,7-9H2,1-3H3. The molecule has 0 aromatic carbocycles. The van der Waals surface area contributed by atoms with Gasteiger partial charge in [0, 0.05) is 31.1 Å². The summed E-state index contributed by atoms with van der Waals surface area (Å²) in [6.45, 7) is 5.40. The van der Waals surface area contributed by atoms with Crippen LogP contribution in [-0.2, 0) is 6.54 Å². The average Bonchev–Trinajstić information content (AvgIpc) is 3.29. The minimum Gasteiger partial charge on any atom is -0.479 e. The Morgan fingerprint density at radius 2 is 2.42 bits per heavy atom. The number of aryl methyl sites for hydroxylation is 1. The number of carbonyl (C=O) groups is 1. The first kappa shape index (κ1) is 16.9. The highest BCUT2D eigenvalue weighted by atomic mass is 32.1. The highest BCUT2D eigenvalue weighted by Gasteiger charge is 2.30. The molecule has 0 N–H and O–H groups in total. The topological polar surface area (TPSA) is 71.7 Å². The van der Waals surface area contributed by atoms with Gasteiger partial charge in [-0.05, 0) is 31.5 Å². The van der Waals surface area contributed by atoms with Crippen LogP contribution in [0.3, 0.4) is 0 Å². The van der Waals surface area contributed by atoms with Crippen molar-refractivity contribution in [1.82, 2.24) is 19.9 Å². The molecule has 2 aromatic heterocycles. The predicted molar refractivity (Wildman–Crippen MR) is 90.3 cm³/mol. The van der Waals surface area contributed by atoms with E-state index >= 15 is 0 Å². The van der Waals surface area contributed by atoms with Crippen molar-refractivity contribution in [3.05, 3.63) is 27.9 Å². The van der Waals surface area contributed by atoms with E-state index in [9.17, 15) is 4.79 Å². The Kier molecular flexibility index (Phi) is 5.15. The van der Waals surface area contributed by atoms with E-state index in [4.69, 9.17) is 9.26 Å².